The Morgan fingerprint density at radius 3 is 2.02 bits per heavy atom. The molecule has 5 aromatic rings. The number of allylic oxidation sites excluding steroid dienone is 9. The third-order valence-electron chi connectivity index (χ3n) is 10.5. The fourth-order valence-electron chi connectivity index (χ4n) is 7.84. The molecule has 2 aliphatic rings. The van der Waals surface area contributed by atoms with Gasteiger partial charge in [0.05, 0.1) is 11.1 Å². The van der Waals surface area contributed by atoms with Gasteiger partial charge in [0.25, 0.3) is 0 Å². The molecule has 0 fully saturated rings. The van der Waals surface area contributed by atoms with Crippen LogP contribution in [0.3, 0.4) is 0 Å². The molecule has 0 saturated carbocycles. The summed E-state index contributed by atoms with van der Waals surface area (Å²) in [5, 5.41) is 0. The van der Waals surface area contributed by atoms with Gasteiger partial charge < -0.3 is 0 Å². The van der Waals surface area contributed by atoms with Gasteiger partial charge in [0.1, 0.15) is 0 Å². The molecule has 3 nitrogen and oxygen atoms in total. The summed E-state index contributed by atoms with van der Waals surface area (Å²) >= 11 is 0. The number of aliphatic imine (C=N–C) groups is 3. The van der Waals surface area contributed by atoms with Gasteiger partial charge in [-0.1, -0.05) is 158 Å². The predicted octanol–water partition coefficient (Wildman–Crippen LogP) is 12.6. The van der Waals surface area contributed by atoms with E-state index in [2.05, 4.69) is 151 Å². The average molecular weight is 702 g/mol. The maximum atomic E-state index is 5.12. The van der Waals surface area contributed by atoms with E-state index in [1.807, 2.05) is 55.6 Å². The van der Waals surface area contributed by atoms with Crippen LogP contribution in [0.5, 0.6) is 0 Å². The standard InChI is InChI=1S/C51H47N3/c1-5-33-53-34-32-51(44-22-14-9-15-23-44)47-25-17-16-24-45(47)46-36-43(30-31-48(46)51)38(6-2)35-37(3)39-26-28-41(29-27-39)49(40-18-10-7-11-19-40)54-50(52-4)42-20-12-8-13-21-42/h5-8,10-14,16-31,33-36H,9,15,32H2,1-4H3/b33-5-,37-35+,38-6+,52-50?,53-34?,54-49?. The van der Waals surface area contributed by atoms with Gasteiger partial charge in [0.15, 0.2) is 5.84 Å². The summed E-state index contributed by atoms with van der Waals surface area (Å²) in [4.78, 5) is 14.3. The molecule has 54 heavy (non-hydrogen) atoms. The second kappa shape index (κ2) is 16.7. The van der Waals surface area contributed by atoms with Gasteiger partial charge in [-0.15, -0.1) is 0 Å². The van der Waals surface area contributed by atoms with E-state index < -0.39 is 0 Å². The van der Waals surface area contributed by atoms with Gasteiger partial charge in [-0.05, 0) is 89.8 Å². The summed E-state index contributed by atoms with van der Waals surface area (Å²) in [5.41, 5.74) is 15.1. The smallest absolute Gasteiger partial charge is 0.154 e. The Hall–Kier alpha value is -6.19. The van der Waals surface area contributed by atoms with E-state index in [-0.39, 0.29) is 5.41 Å². The Balaban J connectivity index is 1.23. The highest BCUT2D eigenvalue weighted by molar-refractivity contribution is 6.19. The van der Waals surface area contributed by atoms with E-state index in [1.54, 1.807) is 7.05 Å². The van der Waals surface area contributed by atoms with Crippen LogP contribution in [0.1, 0.15) is 79.0 Å². The second-order valence-electron chi connectivity index (χ2n) is 13.8. The minimum Gasteiger partial charge on any atom is -0.270 e. The number of benzene rings is 5. The van der Waals surface area contributed by atoms with Crippen molar-refractivity contribution in [2.45, 2.75) is 45.4 Å². The zero-order valence-corrected chi connectivity index (χ0v) is 31.7. The lowest BCUT2D eigenvalue weighted by atomic mass is 9.68. The van der Waals surface area contributed by atoms with Crippen LogP contribution in [0.15, 0.2) is 191 Å². The molecule has 0 heterocycles. The summed E-state index contributed by atoms with van der Waals surface area (Å²) in [6.07, 6.45) is 20.5. The Bertz CT molecular complexity index is 2360. The van der Waals surface area contributed by atoms with E-state index in [1.165, 1.54) is 50.1 Å². The second-order valence-corrected chi connectivity index (χ2v) is 13.8. The van der Waals surface area contributed by atoms with Crippen LogP contribution in [-0.4, -0.2) is 24.8 Å². The molecule has 0 amide bonds. The molecule has 1 unspecified atom stereocenters. The zero-order valence-electron chi connectivity index (χ0n) is 31.7. The molecule has 0 saturated heterocycles. The van der Waals surface area contributed by atoms with E-state index >= 15 is 0 Å². The van der Waals surface area contributed by atoms with Crippen molar-refractivity contribution in [3.63, 3.8) is 0 Å². The lowest BCUT2D eigenvalue weighted by Gasteiger charge is -2.34. The van der Waals surface area contributed by atoms with Gasteiger partial charge in [-0.25, -0.2) is 4.99 Å². The number of hydrogen-bond donors (Lipinski definition) is 0. The van der Waals surface area contributed by atoms with Gasteiger partial charge in [-0.3, -0.25) is 9.98 Å². The molecule has 0 radical (unpaired) electrons. The highest BCUT2D eigenvalue weighted by atomic mass is 14.9. The molecule has 7 rings (SSSR count). The van der Waals surface area contributed by atoms with Crippen molar-refractivity contribution >= 4 is 28.9 Å². The van der Waals surface area contributed by atoms with Gasteiger partial charge in [0.2, 0.25) is 0 Å². The zero-order chi connectivity index (χ0) is 37.3. The molecular weight excluding hydrogens is 655 g/mol. The fraction of sp³-hybridized carbons (Fsp3) is 0.157. The average Bonchev–Trinajstić information content (AvgIpc) is 3.52. The van der Waals surface area contributed by atoms with Gasteiger partial charge in [-0.2, -0.15) is 0 Å². The predicted molar refractivity (Wildman–Crippen MR) is 232 cm³/mol. The van der Waals surface area contributed by atoms with Crippen molar-refractivity contribution in [3.8, 4) is 11.1 Å². The van der Waals surface area contributed by atoms with E-state index in [9.17, 15) is 0 Å². The Morgan fingerprint density at radius 2 is 1.33 bits per heavy atom. The molecule has 3 heteroatoms. The minimum absolute atomic E-state index is 0.275. The summed E-state index contributed by atoms with van der Waals surface area (Å²) in [6, 6.07) is 45.3. The van der Waals surface area contributed by atoms with Crippen LogP contribution in [0.25, 0.3) is 22.3 Å². The van der Waals surface area contributed by atoms with Crippen LogP contribution in [0.2, 0.25) is 0 Å². The van der Waals surface area contributed by atoms with Crippen molar-refractivity contribution < 1.29 is 0 Å². The van der Waals surface area contributed by atoms with Crippen molar-refractivity contribution in [1.82, 2.24) is 0 Å². The molecular formula is C51H47N3. The maximum absolute atomic E-state index is 5.12. The summed E-state index contributed by atoms with van der Waals surface area (Å²) in [6.45, 7) is 6.33. The van der Waals surface area contributed by atoms with Crippen LogP contribution in [0.4, 0.5) is 0 Å². The Morgan fingerprint density at radius 1 is 0.685 bits per heavy atom. The van der Waals surface area contributed by atoms with Gasteiger partial charge in [0, 0.05) is 42.6 Å². The minimum atomic E-state index is -0.275. The number of fused-ring (bicyclic) bond motifs is 3. The molecule has 2 aliphatic carbocycles. The lowest BCUT2D eigenvalue weighted by Crippen LogP contribution is -2.28. The van der Waals surface area contributed by atoms with Crippen molar-refractivity contribution in [1.29, 1.82) is 0 Å². The van der Waals surface area contributed by atoms with Crippen molar-refractivity contribution in [2.75, 3.05) is 7.05 Å². The third kappa shape index (κ3) is 7.23. The van der Waals surface area contributed by atoms with Gasteiger partial charge >= 0.3 is 0 Å². The van der Waals surface area contributed by atoms with Crippen LogP contribution < -0.4 is 0 Å². The van der Waals surface area contributed by atoms with E-state index in [4.69, 9.17) is 4.99 Å². The van der Waals surface area contributed by atoms with Crippen LogP contribution >= 0.6 is 0 Å². The normalized spacial score (nSPS) is 17.6. The number of amidine groups is 1. The third-order valence-corrected chi connectivity index (χ3v) is 10.5. The first kappa shape index (κ1) is 36.2. The molecule has 0 spiro atoms. The van der Waals surface area contributed by atoms with Crippen LogP contribution in [0, 0.1) is 0 Å². The number of nitrogens with zero attached hydrogens (tertiary/aromatic N) is 3. The van der Waals surface area contributed by atoms with Crippen molar-refractivity contribution in [2.24, 2.45) is 15.0 Å². The molecule has 0 N–H and O–H groups in total. The summed E-state index contributed by atoms with van der Waals surface area (Å²) in [5.74, 6) is 0.704. The summed E-state index contributed by atoms with van der Waals surface area (Å²) < 4.78 is 0. The highest BCUT2D eigenvalue weighted by Crippen LogP contribution is 2.55. The lowest BCUT2D eigenvalue weighted by molar-refractivity contribution is 0.659. The molecule has 0 aromatic heterocycles. The van der Waals surface area contributed by atoms with Crippen molar-refractivity contribution in [3.05, 3.63) is 215 Å². The summed E-state index contributed by atoms with van der Waals surface area (Å²) in [7, 11) is 1.80. The first-order valence-corrected chi connectivity index (χ1v) is 18.9. The Kier molecular flexibility index (Phi) is 11.2. The SMILES string of the molecule is C/C=C\N=CCC1(C2=CCCC=C2)c2ccccc2-c2cc(C(/C=C(\C)c3ccc(C(=NC(=NC)c4ccccc4)c4ccccc4)cc3)=C/C)ccc21. The first-order chi connectivity index (χ1) is 26.6. The topological polar surface area (TPSA) is 37.1 Å². The maximum Gasteiger partial charge on any atom is 0.154 e. The highest BCUT2D eigenvalue weighted by Gasteiger charge is 2.44. The molecule has 0 bridgehead atoms. The molecule has 5 aromatic carbocycles. The fourth-order valence-corrected chi connectivity index (χ4v) is 7.84. The molecule has 0 aliphatic heterocycles. The van der Waals surface area contributed by atoms with Crippen LogP contribution in [-0.2, 0) is 5.41 Å². The quantitative estimate of drug-likeness (QED) is 0.0790. The molecule has 1 atom stereocenters. The number of rotatable bonds is 10. The van der Waals surface area contributed by atoms with E-state index in [0.717, 1.165) is 41.7 Å². The molecule has 266 valence electrons. The first-order valence-electron chi connectivity index (χ1n) is 18.9. The largest absolute Gasteiger partial charge is 0.270 e. The Labute approximate surface area is 321 Å². The number of hydrogen-bond acceptors (Lipinski definition) is 2. The van der Waals surface area contributed by atoms with E-state index in [0.29, 0.717) is 5.84 Å². The monoisotopic (exact) mass is 701 g/mol.